The molecule has 1 N–H and O–H groups in total. The third-order valence-corrected chi connectivity index (χ3v) is 1.75. The smallest absolute Gasteiger partial charge is 0.123 e. The van der Waals surface area contributed by atoms with Crippen LogP contribution in [0, 0.1) is 5.82 Å². The number of nitrogens with one attached hydrogen (secondary N) is 1. The van der Waals surface area contributed by atoms with Crippen LogP contribution in [0.25, 0.3) is 0 Å². The van der Waals surface area contributed by atoms with Crippen molar-refractivity contribution in [2.45, 2.75) is 6.04 Å². The Morgan fingerprint density at radius 2 is 2.33 bits per heavy atom. The van der Waals surface area contributed by atoms with Gasteiger partial charge in [-0.3, -0.25) is 0 Å². The summed E-state index contributed by atoms with van der Waals surface area (Å²) in [5, 5.41) is 3.01. The van der Waals surface area contributed by atoms with Crippen molar-refractivity contribution in [1.82, 2.24) is 5.32 Å². The highest BCUT2D eigenvalue weighted by molar-refractivity contribution is 5.23. The van der Waals surface area contributed by atoms with Crippen molar-refractivity contribution in [2.24, 2.45) is 0 Å². The summed E-state index contributed by atoms with van der Waals surface area (Å²) in [6.45, 7) is 3.65. The zero-order chi connectivity index (χ0) is 8.97. The quantitative estimate of drug-likeness (QED) is 0.677. The third kappa shape index (κ3) is 1.92. The number of rotatable bonds is 3. The molecule has 1 unspecified atom stereocenters. The van der Waals surface area contributed by atoms with E-state index < -0.39 is 0 Å². The SMILES string of the molecule is C=CC(NC)c1cccc(F)c1. The summed E-state index contributed by atoms with van der Waals surface area (Å²) in [6, 6.07) is 6.52. The molecule has 0 fully saturated rings. The predicted octanol–water partition coefficient (Wildman–Crippen LogP) is 2.27. The maximum absolute atomic E-state index is 12.7. The number of likely N-dealkylation sites (N-methyl/N-ethyl adjacent to an activating group) is 1. The van der Waals surface area contributed by atoms with Crippen LogP contribution in [0.3, 0.4) is 0 Å². The van der Waals surface area contributed by atoms with Gasteiger partial charge in [0.2, 0.25) is 0 Å². The van der Waals surface area contributed by atoms with Gasteiger partial charge in [-0.15, -0.1) is 6.58 Å². The summed E-state index contributed by atoms with van der Waals surface area (Å²) in [5.41, 5.74) is 0.896. The molecule has 1 aromatic carbocycles. The first kappa shape index (κ1) is 8.94. The zero-order valence-corrected chi connectivity index (χ0v) is 7.05. The molecule has 1 nitrogen and oxygen atoms in total. The Bertz CT molecular complexity index is 270. The highest BCUT2D eigenvalue weighted by atomic mass is 19.1. The molecular formula is C10H12FN. The van der Waals surface area contributed by atoms with E-state index in [1.165, 1.54) is 12.1 Å². The second-order valence-corrected chi connectivity index (χ2v) is 2.56. The lowest BCUT2D eigenvalue weighted by molar-refractivity contribution is 0.619. The van der Waals surface area contributed by atoms with Gasteiger partial charge < -0.3 is 5.32 Å². The van der Waals surface area contributed by atoms with Gasteiger partial charge in [-0.05, 0) is 24.7 Å². The Balaban J connectivity index is 2.93. The van der Waals surface area contributed by atoms with E-state index in [0.717, 1.165) is 5.56 Å². The molecule has 0 radical (unpaired) electrons. The number of benzene rings is 1. The standard InChI is InChI=1S/C10H12FN/c1-3-10(12-2)8-5-4-6-9(11)7-8/h3-7,10,12H,1H2,2H3. The molecule has 0 aromatic heterocycles. The van der Waals surface area contributed by atoms with Crippen LogP contribution in [0.4, 0.5) is 4.39 Å². The van der Waals surface area contributed by atoms with Gasteiger partial charge in [-0.25, -0.2) is 4.39 Å². The van der Waals surface area contributed by atoms with Gasteiger partial charge in [0.1, 0.15) is 5.82 Å². The molecule has 0 saturated carbocycles. The van der Waals surface area contributed by atoms with Crippen LogP contribution < -0.4 is 5.32 Å². The summed E-state index contributed by atoms with van der Waals surface area (Å²) in [7, 11) is 1.82. The third-order valence-electron chi connectivity index (χ3n) is 1.75. The van der Waals surface area contributed by atoms with Crippen LogP contribution in [-0.4, -0.2) is 7.05 Å². The second kappa shape index (κ2) is 4.02. The van der Waals surface area contributed by atoms with Gasteiger partial charge in [0.25, 0.3) is 0 Å². The lowest BCUT2D eigenvalue weighted by atomic mass is 10.1. The molecule has 0 aliphatic rings. The van der Waals surface area contributed by atoms with Crippen molar-refractivity contribution in [3.05, 3.63) is 48.3 Å². The summed E-state index contributed by atoms with van der Waals surface area (Å²) in [6.07, 6.45) is 1.74. The number of hydrogen-bond donors (Lipinski definition) is 1. The number of halogens is 1. The monoisotopic (exact) mass is 165 g/mol. The summed E-state index contributed by atoms with van der Waals surface area (Å²) >= 11 is 0. The highest BCUT2D eigenvalue weighted by Gasteiger charge is 2.03. The fourth-order valence-corrected chi connectivity index (χ4v) is 1.12. The fraction of sp³-hybridized carbons (Fsp3) is 0.200. The molecule has 0 aliphatic heterocycles. The minimum Gasteiger partial charge on any atom is -0.310 e. The minimum atomic E-state index is -0.213. The molecule has 0 spiro atoms. The molecule has 0 heterocycles. The van der Waals surface area contributed by atoms with E-state index in [1.807, 2.05) is 13.1 Å². The van der Waals surface area contributed by atoms with Crippen molar-refractivity contribution in [3.63, 3.8) is 0 Å². The van der Waals surface area contributed by atoms with Crippen LogP contribution in [0.15, 0.2) is 36.9 Å². The van der Waals surface area contributed by atoms with Gasteiger partial charge >= 0.3 is 0 Å². The fourth-order valence-electron chi connectivity index (χ4n) is 1.12. The molecule has 64 valence electrons. The molecule has 1 rings (SSSR count). The van der Waals surface area contributed by atoms with Gasteiger partial charge in [0.05, 0.1) is 6.04 Å². The molecule has 0 aliphatic carbocycles. The first-order valence-corrected chi connectivity index (χ1v) is 3.83. The summed E-state index contributed by atoms with van der Waals surface area (Å²) in [5.74, 6) is -0.213. The van der Waals surface area contributed by atoms with Crippen molar-refractivity contribution >= 4 is 0 Å². The van der Waals surface area contributed by atoms with Crippen molar-refractivity contribution in [2.75, 3.05) is 7.05 Å². The van der Waals surface area contributed by atoms with Gasteiger partial charge in [0, 0.05) is 0 Å². The summed E-state index contributed by atoms with van der Waals surface area (Å²) < 4.78 is 12.7. The molecule has 1 atom stereocenters. The first-order valence-electron chi connectivity index (χ1n) is 3.83. The Kier molecular flexibility index (Phi) is 3.00. The Morgan fingerprint density at radius 1 is 1.58 bits per heavy atom. The van der Waals surface area contributed by atoms with E-state index in [4.69, 9.17) is 0 Å². The van der Waals surface area contributed by atoms with Gasteiger partial charge in [-0.1, -0.05) is 18.2 Å². The average molecular weight is 165 g/mol. The molecule has 0 amide bonds. The van der Waals surface area contributed by atoms with E-state index in [1.54, 1.807) is 12.1 Å². The molecule has 1 aromatic rings. The van der Waals surface area contributed by atoms with Crippen molar-refractivity contribution in [3.8, 4) is 0 Å². The zero-order valence-electron chi connectivity index (χ0n) is 7.05. The van der Waals surface area contributed by atoms with E-state index in [-0.39, 0.29) is 11.9 Å². The lowest BCUT2D eigenvalue weighted by Gasteiger charge is -2.10. The summed E-state index contributed by atoms with van der Waals surface area (Å²) in [4.78, 5) is 0. The minimum absolute atomic E-state index is 0.0284. The van der Waals surface area contributed by atoms with E-state index >= 15 is 0 Å². The molecule has 0 saturated heterocycles. The second-order valence-electron chi connectivity index (χ2n) is 2.56. The topological polar surface area (TPSA) is 12.0 Å². The maximum atomic E-state index is 12.7. The maximum Gasteiger partial charge on any atom is 0.123 e. The van der Waals surface area contributed by atoms with Crippen molar-refractivity contribution in [1.29, 1.82) is 0 Å². The Labute approximate surface area is 71.9 Å². The first-order chi connectivity index (χ1) is 5.77. The lowest BCUT2D eigenvalue weighted by Crippen LogP contribution is -2.13. The number of hydrogen-bond acceptors (Lipinski definition) is 1. The van der Waals surface area contributed by atoms with Crippen LogP contribution >= 0.6 is 0 Å². The van der Waals surface area contributed by atoms with Crippen LogP contribution in [0.5, 0.6) is 0 Å². The van der Waals surface area contributed by atoms with Gasteiger partial charge in [-0.2, -0.15) is 0 Å². The van der Waals surface area contributed by atoms with Crippen LogP contribution in [0.2, 0.25) is 0 Å². The highest BCUT2D eigenvalue weighted by Crippen LogP contribution is 2.13. The van der Waals surface area contributed by atoms with Gasteiger partial charge in [0.15, 0.2) is 0 Å². The van der Waals surface area contributed by atoms with Crippen LogP contribution in [-0.2, 0) is 0 Å². The largest absolute Gasteiger partial charge is 0.310 e. The Hall–Kier alpha value is -1.15. The van der Waals surface area contributed by atoms with E-state index in [2.05, 4.69) is 11.9 Å². The normalized spacial score (nSPS) is 12.5. The Morgan fingerprint density at radius 3 is 2.83 bits per heavy atom. The molecular weight excluding hydrogens is 153 g/mol. The molecule has 0 bridgehead atoms. The molecule has 12 heavy (non-hydrogen) atoms. The predicted molar refractivity (Wildman–Crippen MR) is 48.4 cm³/mol. The van der Waals surface area contributed by atoms with Crippen molar-refractivity contribution < 1.29 is 4.39 Å². The van der Waals surface area contributed by atoms with E-state index in [9.17, 15) is 4.39 Å². The average Bonchev–Trinajstić information content (AvgIpc) is 2.07. The van der Waals surface area contributed by atoms with E-state index in [0.29, 0.717) is 0 Å². The van der Waals surface area contributed by atoms with Crippen LogP contribution in [0.1, 0.15) is 11.6 Å². The molecule has 2 heteroatoms.